The summed E-state index contributed by atoms with van der Waals surface area (Å²) in [4.78, 5) is 24.4. The Kier molecular flexibility index (Phi) is 48.7. The van der Waals surface area contributed by atoms with E-state index in [1.165, 1.54) is 141 Å². The predicted molar refractivity (Wildman–Crippen MR) is 264 cm³/mol. The second kappa shape index (κ2) is 50.5. The minimum Gasteiger partial charge on any atom is -0.466 e. The van der Waals surface area contributed by atoms with Crippen LogP contribution in [-0.2, 0) is 14.3 Å². The van der Waals surface area contributed by atoms with Crippen LogP contribution in [0.5, 0.6) is 0 Å². The Labute approximate surface area is 378 Å². The van der Waals surface area contributed by atoms with Gasteiger partial charge in [0.25, 0.3) is 0 Å². The largest absolute Gasteiger partial charge is 0.466 e. The van der Waals surface area contributed by atoms with E-state index in [-0.39, 0.29) is 18.5 Å². The van der Waals surface area contributed by atoms with Crippen molar-refractivity contribution in [3.05, 3.63) is 48.6 Å². The van der Waals surface area contributed by atoms with Crippen LogP contribution < -0.4 is 5.32 Å². The predicted octanol–water partition coefficient (Wildman–Crippen LogP) is 15.8. The highest BCUT2D eigenvalue weighted by atomic mass is 16.5. The normalized spacial score (nSPS) is 13.0. The molecule has 0 aliphatic carbocycles. The van der Waals surface area contributed by atoms with Crippen LogP contribution in [0.25, 0.3) is 0 Å². The molecule has 0 fully saturated rings. The fourth-order valence-corrected chi connectivity index (χ4v) is 7.76. The lowest BCUT2D eigenvalue weighted by molar-refractivity contribution is -0.143. The first-order valence-electron chi connectivity index (χ1n) is 26.4. The van der Waals surface area contributed by atoms with E-state index >= 15 is 0 Å². The van der Waals surface area contributed by atoms with Gasteiger partial charge in [-0.25, -0.2) is 0 Å². The first-order chi connectivity index (χ1) is 30.0. The van der Waals surface area contributed by atoms with Crippen LogP contribution in [-0.4, -0.2) is 47.4 Å². The molecule has 0 aromatic heterocycles. The van der Waals surface area contributed by atoms with Gasteiger partial charge in [0, 0.05) is 12.8 Å². The van der Waals surface area contributed by atoms with Crippen molar-refractivity contribution in [1.82, 2.24) is 5.32 Å². The van der Waals surface area contributed by atoms with Crippen LogP contribution >= 0.6 is 0 Å². The number of aliphatic hydroxyl groups excluding tert-OH is 2. The molecule has 0 aromatic carbocycles. The Morgan fingerprint density at radius 1 is 0.459 bits per heavy atom. The van der Waals surface area contributed by atoms with Gasteiger partial charge in [-0.2, -0.15) is 0 Å². The van der Waals surface area contributed by atoms with Crippen LogP contribution in [0.3, 0.4) is 0 Å². The second-order valence-electron chi connectivity index (χ2n) is 17.8. The molecule has 6 nitrogen and oxygen atoms in total. The number of nitrogens with one attached hydrogen (secondary N) is 1. The summed E-state index contributed by atoms with van der Waals surface area (Å²) in [5.41, 5.74) is 0. The molecule has 0 rings (SSSR count). The van der Waals surface area contributed by atoms with Gasteiger partial charge in [-0.05, 0) is 96.3 Å². The third kappa shape index (κ3) is 47.1. The van der Waals surface area contributed by atoms with Crippen molar-refractivity contribution < 1.29 is 24.5 Å². The average Bonchev–Trinajstić information content (AvgIpc) is 3.26. The third-order valence-corrected chi connectivity index (χ3v) is 11.9. The second-order valence-corrected chi connectivity index (χ2v) is 17.8. The van der Waals surface area contributed by atoms with Gasteiger partial charge in [-0.3, -0.25) is 9.59 Å². The molecule has 0 aromatic rings. The van der Waals surface area contributed by atoms with Crippen LogP contribution in [0.2, 0.25) is 0 Å². The van der Waals surface area contributed by atoms with E-state index in [0.717, 1.165) is 89.9 Å². The molecule has 0 radical (unpaired) electrons. The fraction of sp³-hybridized carbons (Fsp3) is 0.818. The van der Waals surface area contributed by atoms with E-state index in [1.54, 1.807) is 0 Å². The van der Waals surface area contributed by atoms with E-state index in [9.17, 15) is 19.8 Å². The Bertz CT molecular complexity index is 1040. The van der Waals surface area contributed by atoms with E-state index in [0.29, 0.717) is 25.9 Å². The maximum Gasteiger partial charge on any atom is 0.305 e. The molecule has 356 valence electrons. The van der Waals surface area contributed by atoms with Gasteiger partial charge >= 0.3 is 5.97 Å². The van der Waals surface area contributed by atoms with Crippen molar-refractivity contribution in [2.75, 3.05) is 13.2 Å². The number of hydrogen-bond donors (Lipinski definition) is 3. The Hall–Kier alpha value is -2.18. The van der Waals surface area contributed by atoms with Gasteiger partial charge in [-0.1, -0.05) is 204 Å². The van der Waals surface area contributed by atoms with Crippen LogP contribution in [0.4, 0.5) is 0 Å². The van der Waals surface area contributed by atoms with Gasteiger partial charge in [0.05, 0.1) is 25.4 Å². The molecule has 0 bridgehead atoms. The first kappa shape index (κ1) is 58.8. The molecule has 0 heterocycles. The Morgan fingerprint density at radius 3 is 1.28 bits per heavy atom. The summed E-state index contributed by atoms with van der Waals surface area (Å²) in [6, 6.07) is -0.553. The van der Waals surface area contributed by atoms with E-state index in [2.05, 4.69) is 67.8 Å². The standard InChI is InChI=1S/C55H101NO5/c1-3-5-7-9-11-13-15-16-17-19-23-26-29-33-37-41-45-49-55(60)61-50-46-42-38-34-30-27-24-21-18-20-22-25-28-32-36-40-44-48-54(59)56-52(51-57)53(58)47-43-39-35-31-14-12-10-8-6-4-2/h11,13,16-18,21,27,30,52-53,57-58H,3-10,12,14-15,19-20,22-26,28-29,31-51H2,1-2H3,(H,56,59)/b13-11-,17-16-,21-18-,30-27-. The molecule has 1 amide bonds. The molecule has 2 unspecified atom stereocenters. The molecule has 6 heteroatoms. The number of rotatable bonds is 48. The monoisotopic (exact) mass is 856 g/mol. The van der Waals surface area contributed by atoms with Crippen molar-refractivity contribution in [2.45, 2.75) is 276 Å². The summed E-state index contributed by atoms with van der Waals surface area (Å²) in [5, 5.41) is 23.1. The van der Waals surface area contributed by atoms with Crippen LogP contribution in [0.1, 0.15) is 264 Å². The molecule has 0 spiro atoms. The molecule has 0 aliphatic rings. The zero-order chi connectivity index (χ0) is 44.4. The highest BCUT2D eigenvalue weighted by Crippen LogP contribution is 2.15. The maximum atomic E-state index is 12.4. The number of amides is 1. The molecule has 0 saturated heterocycles. The van der Waals surface area contributed by atoms with Gasteiger partial charge in [0.2, 0.25) is 5.91 Å². The van der Waals surface area contributed by atoms with Gasteiger partial charge in [0.1, 0.15) is 0 Å². The highest BCUT2D eigenvalue weighted by Gasteiger charge is 2.20. The minimum absolute atomic E-state index is 0.0242. The van der Waals surface area contributed by atoms with E-state index < -0.39 is 12.1 Å². The lowest BCUT2D eigenvalue weighted by atomic mass is 10.0. The van der Waals surface area contributed by atoms with Crippen molar-refractivity contribution in [1.29, 1.82) is 0 Å². The zero-order valence-electron chi connectivity index (χ0n) is 40.4. The summed E-state index contributed by atoms with van der Waals surface area (Å²) >= 11 is 0. The molecule has 61 heavy (non-hydrogen) atoms. The number of aliphatic hydroxyl groups is 2. The van der Waals surface area contributed by atoms with E-state index in [4.69, 9.17) is 4.74 Å². The molecule has 0 saturated carbocycles. The topological polar surface area (TPSA) is 95.9 Å². The number of esters is 1. The number of carbonyl (C=O) groups is 2. The van der Waals surface area contributed by atoms with E-state index in [1.807, 2.05) is 0 Å². The van der Waals surface area contributed by atoms with Crippen molar-refractivity contribution >= 4 is 11.9 Å². The summed E-state index contributed by atoms with van der Waals surface area (Å²) in [6.07, 6.45) is 62.3. The van der Waals surface area contributed by atoms with Gasteiger partial charge in [-0.15, -0.1) is 0 Å². The van der Waals surface area contributed by atoms with Gasteiger partial charge < -0.3 is 20.3 Å². The lowest BCUT2D eigenvalue weighted by Crippen LogP contribution is -2.45. The summed E-state index contributed by atoms with van der Waals surface area (Å²) in [7, 11) is 0. The van der Waals surface area contributed by atoms with Gasteiger partial charge in [0.15, 0.2) is 0 Å². The minimum atomic E-state index is -0.674. The molecular weight excluding hydrogens is 755 g/mol. The number of hydrogen-bond acceptors (Lipinski definition) is 5. The molecule has 3 N–H and O–H groups in total. The zero-order valence-corrected chi connectivity index (χ0v) is 40.4. The third-order valence-electron chi connectivity index (χ3n) is 11.9. The Balaban J connectivity index is 3.49. The van der Waals surface area contributed by atoms with Crippen LogP contribution in [0.15, 0.2) is 48.6 Å². The smallest absolute Gasteiger partial charge is 0.305 e. The molecule has 0 aliphatic heterocycles. The highest BCUT2D eigenvalue weighted by molar-refractivity contribution is 5.76. The van der Waals surface area contributed by atoms with Crippen molar-refractivity contribution in [3.8, 4) is 0 Å². The maximum absolute atomic E-state index is 12.4. The molecular formula is C55H101NO5. The number of carbonyl (C=O) groups excluding carboxylic acids is 2. The Morgan fingerprint density at radius 2 is 0.820 bits per heavy atom. The fourth-order valence-electron chi connectivity index (χ4n) is 7.76. The summed E-state index contributed by atoms with van der Waals surface area (Å²) < 4.78 is 5.45. The quantitative estimate of drug-likeness (QED) is 0.0322. The first-order valence-corrected chi connectivity index (χ1v) is 26.4. The summed E-state index contributed by atoms with van der Waals surface area (Å²) in [6.45, 7) is 4.85. The number of unbranched alkanes of at least 4 members (excludes halogenated alkanes) is 29. The average molecular weight is 856 g/mol. The number of allylic oxidation sites excluding steroid dienone is 8. The lowest BCUT2D eigenvalue weighted by Gasteiger charge is -2.22. The SMILES string of the molecule is CCCCC/C=C\C/C=C\CCCCCCCCCC(=O)OCCCCC/C=C\C/C=C\CCCCCCCCCC(=O)NC(CO)C(O)CCCCCCCCCCCC. The van der Waals surface area contributed by atoms with Crippen molar-refractivity contribution in [3.63, 3.8) is 0 Å². The molecule has 2 atom stereocenters. The number of ether oxygens (including phenoxy) is 1. The summed E-state index contributed by atoms with van der Waals surface area (Å²) in [5.74, 6) is -0.0786. The van der Waals surface area contributed by atoms with Crippen molar-refractivity contribution in [2.24, 2.45) is 0 Å². The van der Waals surface area contributed by atoms with Crippen LogP contribution in [0, 0.1) is 0 Å².